The smallest absolute Gasteiger partial charge is 0.358 e. The van der Waals surface area contributed by atoms with Crippen molar-refractivity contribution in [1.82, 2.24) is 9.97 Å². The molecule has 0 bridgehead atoms. The predicted molar refractivity (Wildman–Crippen MR) is 65.0 cm³/mol. The molecule has 0 fully saturated rings. The van der Waals surface area contributed by atoms with E-state index in [1.807, 2.05) is 6.07 Å². The Morgan fingerprint density at radius 1 is 1.42 bits per heavy atom. The van der Waals surface area contributed by atoms with Gasteiger partial charge < -0.3 is 9.84 Å². The molecule has 94 valence electrons. The highest BCUT2D eigenvalue weighted by Gasteiger charge is 2.15. The molecule has 6 heteroatoms. The Hall–Kier alpha value is -2.94. The highest BCUT2D eigenvalue weighted by atomic mass is 16.5. The van der Waals surface area contributed by atoms with E-state index in [4.69, 9.17) is 15.1 Å². The van der Waals surface area contributed by atoms with Crippen molar-refractivity contribution in [2.24, 2.45) is 0 Å². The van der Waals surface area contributed by atoms with Crippen LogP contribution >= 0.6 is 0 Å². The summed E-state index contributed by atoms with van der Waals surface area (Å²) in [6.45, 7) is 1.75. The quantitative estimate of drug-likeness (QED) is 0.902. The van der Waals surface area contributed by atoms with Gasteiger partial charge >= 0.3 is 5.97 Å². The first-order chi connectivity index (χ1) is 9.11. The van der Waals surface area contributed by atoms with Crippen molar-refractivity contribution in [3.63, 3.8) is 0 Å². The Bertz CT molecular complexity index is 677. The first-order valence-corrected chi connectivity index (χ1v) is 5.35. The first kappa shape index (κ1) is 12.5. The van der Waals surface area contributed by atoms with E-state index in [-0.39, 0.29) is 22.9 Å². The summed E-state index contributed by atoms with van der Waals surface area (Å²) < 4.78 is 5.40. The molecule has 0 aliphatic carbocycles. The normalized spacial score (nSPS) is 9.68. The molecule has 2 aromatic heterocycles. The van der Waals surface area contributed by atoms with E-state index in [1.165, 1.54) is 12.3 Å². The molecule has 0 unspecified atom stereocenters. The van der Waals surface area contributed by atoms with Crippen molar-refractivity contribution in [2.75, 3.05) is 0 Å². The number of aromatic carboxylic acids is 1. The minimum atomic E-state index is -1.21. The number of nitriles is 1. The summed E-state index contributed by atoms with van der Waals surface area (Å²) in [4.78, 5) is 18.8. The summed E-state index contributed by atoms with van der Waals surface area (Å²) in [7, 11) is 0. The van der Waals surface area contributed by atoms with E-state index in [1.54, 1.807) is 25.1 Å². The molecule has 0 aliphatic rings. The van der Waals surface area contributed by atoms with Gasteiger partial charge in [0.2, 0.25) is 5.88 Å². The third-order valence-electron chi connectivity index (χ3n) is 2.30. The van der Waals surface area contributed by atoms with Gasteiger partial charge in [0, 0.05) is 11.9 Å². The Kier molecular flexibility index (Phi) is 3.39. The second-order valence-electron chi connectivity index (χ2n) is 3.67. The molecule has 2 aromatic rings. The van der Waals surface area contributed by atoms with Crippen molar-refractivity contribution < 1.29 is 14.6 Å². The molecule has 1 N–H and O–H groups in total. The molecular weight excluding hydrogens is 246 g/mol. The number of aryl methyl sites for hydroxylation is 1. The molecule has 6 nitrogen and oxygen atoms in total. The van der Waals surface area contributed by atoms with E-state index in [9.17, 15) is 4.79 Å². The largest absolute Gasteiger partial charge is 0.476 e. The van der Waals surface area contributed by atoms with Gasteiger partial charge in [0.15, 0.2) is 11.4 Å². The Labute approximate surface area is 108 Å². The number of carboxylic acid groups (broad SMARTS) is 1. The lowest BCUT2D eigenvalue weighted by atomic mass is 10.2. The topological polar surface area (TPSA) is 96.1 Å². The minimum absolute atomic E-state index is 0.0459. The number of hydrogen-bond donors (Lipinski definition) is 1. The molecule has 0 spiro atoms. The minimum Gasteiger partial charge on any atom is -0.476 e. The van der Waals surface area contributed by atoms with Crippen LogP contribution in [-0.4, -0.2) is 21.0 Å². The number of carbonyl (C=O) groups is 1. The van der Waals surface area contributed by atoms with Gasteiger partial charge in [-0.25, -0.2) is 14.8 Å². The van der Waals surface area contributed by atoms with Crippen LogP contribution in [0.1, 0.15) is 21.7 Å². The predicted octanol–water partition coefficient (Wildman–Crippen LogP) is 2.15. The maximum Gasteiger partial charge on any atom is 0.358 e. The monoisotopic (exact) mass is 255 g/mol. The van der Waals surface area contributed by atoms with E-state index >= 15 is 0 Å². The number of nitrogens with zero attached hydrogens (tertiary/aromatic N) is 3. The Morgan fingerprint density at radius 2 is 2.21 bits per heavy atom. The van der Waals surface area contributed by atoms with Crippen molar-refractivity contribution in [2.45, 2.75) is 6.92 Å². The molecule has 0 radical (unpaired) electrons. The Balaban J connectivity index is 2.45. The van der Waals surface area contributed by atoms with Gasteiger partial charge in [-0.2, -0.15) is 5.26 Å². The summed E-state index contributed by atoms with van der Waals surface area (Å²) in [6.07, 6.45) is 1.35. The number of ether oxygens (including phenoxy) is 1. The number of hydrogen-bond acceptors (Lipinski definition) is 5. The summed E-state index contributed by atoms with van der Waals surface area (Å²) in [6, 6.07) is 8.18. The molecule has 19 heavy (non-hydrogen) atoms. The number of carboxylic acids is 1. The standard InChI is InChI=1S/C13H9N3O3/c1-8-4-5-9(7-14)12(16-8)19-10-3-2-6-15-11(10)13(17)18/h2-6H,1H3,(H,17,18). The van der Waals surface area contributed by atoms with Crippen molar-refractivity contribution in [3.8, 4) is 17.7 Å². The summed E-state index contributed by atoms with van der Waals surface area (Å²) in [5.74, 6) is -1.09. The van der Waals surface area contributed by atoms with Gasteiger partial charge in [-0.1, -0.05) is 0 Å². The third kappa shape index (κ3) is 2.66. The number of rotatable bonds is 3. The fraction of sp³-hybridized carbons (Fsp3) is 0.0769. The fourth-order valence-corrected chi connectivity index (χ4v) is 1.43. The molecule has 0 saturated heterocycles. The second-order valence-corrected chi connectivity index (χ2v) is 3.67. The molecule has 0 atom stereocenters. The van der Waals surface area contributed by atoms with Crippen LogP contribution in [0.2, 0.25) is 0 Å². The third-order valence-corrected chi connectivity index (χ3v) is 2.30. The lowest BCUT2D eigenvalue weighted by Gasteiger charge is -2.08. The summed E-state index contributed by atoms with van der Waals surface area (Å²) in [5, 5.41) is 18.0. The van der Waals surface area contributed by atoms with Crippen LogP contribution in [0.4, 0.5) is 0 Å². The van der Waals surface area contributed by atoms with Gasteiger partial charge in [-0.3, -0.25) is 0 Å². The lowest BCUT2D eigenvalue weighted by Crippen LogP contribution is -2.04. The zero-order chi connectivity index (χ0) is 13.8. The lowest BCUT2D eigenvalue weighted by molar-refractivity contribution is 0.0687. The fourth-order valence-electron chi connectivity index (χ4n) is 1.43. The maximum absolute atomic E-state index is 11.0. The van der Waals surface area contributed by atoms with Crippen LogP contribution in [-0.2, 0) is 0 Å². The van der Waals surface area contributed by atoms with Gasteiger partial charge in [0.1, 0.15) is 11.6 Å². The SMILES string of the molecule is Cc1ccc(C#N)c(Oc2cccnc2C(=O)O)n1. The van der Waals surface area contributed by atoms with Crippen LogP contribution in [0.3, 0.4) is 0 Å². The van der Waals surface area contributed by atoms with Crippen LogP contribution in [0.15, 0.2) is 30.5 Å². The zero-order valence-electron chi connectivity index (χ0n) is 9.99. The van der Waals surface area contributed by atoms with Crippen LogP contribution < -0.4 is 4.74 Å². The van der Waals surface area contributed by atoms with Gasteiger partial charge in [0.25, 0.3) is 0 Å². The zero-order valence-corrected chi connectivity index (χ0v) is 9.99. The molecule has 2 rings (SSSR count). The van der Waals surface area contributed by atoms with Crippen molar-refractivity contribution in [3.05, 3.63) is 47.4 Å². The second kappa shape index (κ2) is 5.14. The van der Waals surface area contributed by atoms with Crippen LogP contribution in [0.25, 0.3) is 0 Å². The first-order valence-electron chi connectivity index (χ1n) is 5.35. The summed E-state index contributed by atoms with van der Waals surface area (Å²) >= 11 is 0. The molecule has 0 saturated carbocycles. The average molecular weight is 255 g/mol. The van der Waals surface area contributed by atoms with Crippen LogP contribution in [0.5, 0.6) is 11.6 Å². The number of aromatic nitrogens is 2. The number of pyridine rings is 2. The highest BCUT2D eigenvalue weighted by molar-refractivity contribution is 5.88. The van der Waals surface area contributed by atoms with E-state index < -0.39 is 5.97 Å². The molecule has 0 aliphatic heterocycles. The molecular formula is C13H9N3O3. The van der Waals surface area contributed by atoms with Gasteiger partial charge in [-0.05, 0) is 31.2 Å². The average Bonchev–Trinajstić information content (AvgIpc) is 2.39. The Morgan fingerprint density at radius 3 is 2.89 bits per heavy atom. The highest BCUT2D eigenvalue weighted by Crippen LogP contribution is 2.25. The molecule has 0 amide bonds. The van der Waals surface area contributed by atoms with Crippen molar-refractivity contribution >= 4 is 5.97 Å². The molecule has 0 aromatic carbocycles. The summed E-state index contributed by atoms with van der Waals surface area (Å²) in [5.41, 5.74) is 0.662. The van der Waals surface area contributed by atoms with E-state index in [0.29, 0.717) is 5.69 Å². The van der Waals surface area contributed by atoms with Gasteiger partial charge in [0.05, 0.1) is 0 Å². The van der Waals surface area contributed by atoms with Crippen molar-refractivity contribution in [1.29, 1.82) is 5.26 Å². The van der Waals surface area contributed by atoms with Gasteiger partial charge in [-0.15, -0.1) is 0 Å². The van der Waals surface area contributed by atoms with E-state index in [0.717, 1.165) is 0 Å². The maximum atomic E-state index is 11.0. The van der Waals surface area contributed by atoms with Crippen LogP contribution in [0, 0.1) is 18.3 Å². The van der Waals surface area contributed by atoms with E-state index in [2.05, 4.69) is 9.97 Å². The molecule has 2 heterocycles.